The Kier molecular flexibility index (Phi) is 4.77. The Hall–Kier alpha value is -0.810. The molecule has 98 valence electrons. The zero-order valence-corrected chi connectivity index (χ0v) is 10.2. The monoisotopic (exact) mass is 248 g/mol. The fourth-order valence-corrected chi connectivity index (χ4v) is 1.83. The lowest BCUT2D eigenvalue weighted by molar-refractivity contribution is -0.0894. The molecule has 0 amide bonds. The highest BCUT2D eigenvalue weighted by molar-refractivity contribution is 5.30. The highest BCUT2D eigenvalue weighted by Gasteiger charge is 2.33. The molecule has 0 spiro atoms. The van der Waals surface area contributed by atoms with Crippen molar-refractivity contribution in [2.24, 2.45) is 0 Å². The van der Waals surface area contributed by atoms with Gasteiger partial charge in [0.1, 0.15) is 0 Å². The third-order valence-corrected chi connectivity index (χ3v) is 3.10. The van der Waals surface area contributed by atoms with E-state index in [4.69, 9.17) is 0 Å². The Morgan fingerprint density at radius 1 is 1.06 bits per heavy atom. The summed E-state index contributed by atoms with van der Waals surface area (Å²) in [6, 6.07) is 0. The van der Waals surface area contributed by atoms with Crippen LogP contribution in [0.4, 0.5) is 13.2 Å². The smallest absolute Gasteiger partial charge is 0.301 e. The molecule has 0 N–H and O–H groups in total. The van der Waals surface area contributed by atoms with E-state index in [2.05, 4.69) is 25.0 Å². The Bertz CT molecular complexity index is 289. The van der Waals surface area contributed by atoms with E-state index in [0.29, 0.717) is 0 Å². The number of halogens is 3. The van der Waals surface area contributed by atoms with Crippen LogP contribution in [0.5, 0.6) is 0 Å². The van der Waals surface area contributed by atoms with Crippen LogP contribution in [-0.2, 0) is 0 Å². The molecule has 2 nitrogen and oxygen atoms in total. The van der Waals surface area contributed by atoms with Crippen LogP contribution in [0, 0.1) is 0 Å². The van der Waals surface area contributed by atoms with Gasteiger partial charge in [0.25, 0.3) is 0 Å². The molecule has 0 aromatic carbocycles. The zero-order chi connectivity index (χ0) is 13.1. The molecule has 1 heterocycles. The predicted octanol–water partition coefficient (Wildman–Crippen LogP) is 2.30. The van der Waals surface area contributed by atoms with Gasteiger partial charge in [-0.2, -0.15) is 13.2 Å². The molecule has 0 aromatic heterocycles. The summed E-state index contributed by atoms with van der Waals surface area (Å²) in [4.78, 5) is 4.27. The van der Waals surface area contributed by atoms with E-state index in [1.807, 2.05) is 4.90 Å². The van der Waals surface area contributed by atoms with Crippen LogP contribution >= 0.6 is 0 Å². The summed E-state index contributed by atoms with van der Waals surface area (Å²) in [7, 11) is 0. The summed E-state index contributed by atoms with van der Waals surface area (Å²) in [6.45, 7) is 13.3. The van der Waals surface area contributed by atoms with Crippen LogP contribution in [0.15, 0.2) is 24.3 Å². The van der Waals surface area contributed by atoms with Crippen molar-refractivity contribution >= 4 is 0 Å². The first-order valence-electron chi connectivity index (χ1n) is 5.73. The van der Waals surface area contributed by atoms with Crippen molar-refractivity contribution in [3.8, 4) is 0 Å². The van der Waals surface area contributed by atoms with E-state index >= 15 is 0 Å². The molecule has 0 aliphatic carbocycles. The first-order valence-corrected chi connectivity index (χ1v) is 5.73. The Morgan fingerprint density at radius 2 is 1.53 bits per heavy atom. The molecule has 0 aromatic rings. The molecule has 1 saturated heterocycles. The quantitative estimate of drug-likeness (QED) is 0.704. The van der Waals surface area contributed by atoms with Crippen molar-refractivity contribution in [1.82, 2.24) is 9.80 Å². The van der Waals surface area contributed by atoms with E-state index < -0.39 is 11.7 Å². The fourth-order valence-electron chi connectivity index (χ4n) is 1.83. The van der Waals surface area contributed by atoms with Crippen molar-refractivity contribution < 1.29 is 13.2 Å². The topological polar surface area (TPSA) is 6.48 Å². The number of piperazine rings is 1. The molecule has 17 heavy (non-hydrogen) atoms. The van der Waals surface area contributed by atoms with Gasteiger partial charge < -0.3 is 4.90 Å². The van der Waals surface area contributed by atoms with Crippen LogP contribution in [0.25, 0.3) is 0 Å². The SMILES string of the molecule is C=C(CN1CCN(CC)CC1)C(=C)C(F)(F)F. The number of alkyl halides is 3. The lowest BCUT2D eigenvalue weighted by Gasteiger charge is -2.34. The summed E-state index contributed by atoms with van der Waals surface area (Å²) in [5, 5.41) is 0. The van der Waals surface area contributed by atoms with Crippen molar-refractivity contribution in [2.75, 3.05) is 39.3 Å². The molecular weight excluding hydrogens is 229 g/mol. The average molecular weight is 248 g/mol. The van der Waals surface area contributed by atoms with E-state index in [0.717, 1.165) is 32.7 Å². The third-order valence-electron chi connectivity index (χ3n) is 3.10. The van der Waals surface area contributed by atoms with Crippen LogP contribution in [0.1, 0.15) is 6.92 Å². The number of rotatable bonds is 4. The van der Waals surface area contributed by atoms with E-state index in [1.165, 1.54) is 0 Å². The summed E-state index contributed by atoms with van der Waals surface area (Å²) in [5.41, 5.74) is -0.738. The van der Waals surface area contributed by atoms with E-state index in [1.54, 1.807) is 0 Å². The van der Waals surface area contributed by atoms with Gasteiger partial charge in [-0.25, -0.2) is 0 Å². The minimum atomic E-state index is -4.36. The molecule has 0 saturated carbocycles. The van der Waals surface area contributed by atoms with Crippen LogP contribution in [0.2, 0.25) is 0 Å². The molecule has 5 heteroatoms. The van der Waals surface area contributed by atoms with Gasteiger partial charge in [-0.1, -0.05) is 20.1 Å². The van der Waals surface area contributed by atoms with Gasteiger partial charge in [-0.15, -0.1) is 0 Å². The number of likely N-dealkylation sites (N-methyl/N-ethyl adjacent to an activating group) is 1. The van der Waals surface area contributed by atoms with Crippen LogP contribution in [-0.4, -0.2) is 55.2 Å². The molecule has 1 aliphatic rings. The number of nitrogens with zero attached hydrogens (tertiary/aromatic N) is 2. The maximum atomic E-state index is 12.4. The van der Waals surface area contributed by atoms with Crippen molar-refractivity contribution in [3.05, 3.63) is 24.3 Å². The normalized spacial score (nSPS) is 19.3. The summed E-state index contributed by atoms with van der Waals surface area (Å²) >= 11 is 0. The number of hydrogen-bond acceptors (Lipinski definition) is 2. The molecule has 0 atom stereocenters. The summed E-state index contributed by atoms with van der Waals surface area (Å²) in [5.74, 6) is 0. The lowest BCUT2D eigenvalue weighted by atomic mass is 10.1. The Balaban J connectivity index is 2.41. The molecule has 1 aliphatic heterocycles. The van der Waals surface area contributed by atoms with Gasteiger partial charge >= 0.3 is 6.18 Å². The first kappa shape index (κ1) is 14.3. The summed E-state index contributed by atoms with van der Waals surface area (Å²) in [6.07, 6.45) is -4.36. The highest BCUT2D eigenvalue weighted by Crippen LogP contribution is 2.29. The highest BCUT2D eigenvalue weighted by atomic mass is 19.4. The Labute approximate surface area is 100 Å². The predicted molar refractivity (Wildman–Crippen MR) is 62.9 cm³/mol. The lowest BCUT2D eigenvalue weighted by Crippen LogP contribution is -2.46. The van der Waals surface area contributed by atoms with Gasteiger partial charge in [0.2, 0.25) is 0 Å². The molecule has 1 rings (SSSR count). The maximum Gasteiger partial charge on any atom is 0.416 e. The second kappa shape index (κ2) is 5.69. The largest absolute Gasteiger partial charge is 0.416 e. The minimum Gasteiger partial charge on any atom is -0.301 e. The fraction of sp³-hybridized carbons (Fsp3) is 0.667. The molecule has 1 fully saturated rings. The van der Waals surface area contributed by atoms with Crippen LogP contribution in [0.3, 0.4) is 0 Å². The van der Waals surface area contributed by atoms with Gasteiger partial charge in [-0.05, 0) is 12.1 Å². The minimum absolute atomic E-state index is 0.0717. The summed E-state index contributed by atoms with van der Waals surface area (Å²) < 4.78 is 37.1. The van der Waals surface area contributed by atoms with E-state index in [9.17, 15) is 13.2 Å². The average Bonchev–Trinajstić information content (AvgIpc) is 2.27. The Morgan fingerprint density at radius 3 is 1.94 bits per heavy atom. The molecule has 0 unspecified atom stereocenters. The van der Waals surface area contributed by atoms with Gasteiger partial charge in [0, 0.05) is 32.7 Å². The molecule has 0 radical (unpaired) electrons. The van der Waals surface area contributed by atoms with E-state index in [-0.39, 0.29) is 12.1 Å². The van der Waals surface area contributed by atoms with Crippen molar-refractivity contribution in [2.45, 2.75) is 13.1 Å². The second-order valence-corrected chi connectivity index (χ2v) is 4.29. The zero-order valence-electron chi connectivity index (χ0n) is 10.2. The molecule has 0 bridgehead atoms. The second-order valence-electron chi connectivity index (χ2n) is 4.29. The van der Waals surface area contributed by atoms with Crippen molar-refractivity contribution in [3.63, 3.8) is 0 Å². The van der Waals surface area contributed by atoms with Gasteiger partial charge in [0.15, 0.2) is 0 Å². The maximum absolute atomic E-state index is 12.4. The van der Waals surface area contributed by atoms with Gasteiger partial charge in [-0.3, -0.25) is 4.90 Å². The standard InChI is InChI=1S/C12H19F3N2/c1-4-16-5-7-17(8-6-16)9-10(2)11(3)12(13,14)15/h2-9H2,1H3. The number of hydrogen-bond donors (Lipinski definition) is 0. The van der Waals surface area contributed by atoms with Crippen molar-refractivity contribution in [1.29, 1.82) is 0 Å². The first-order chi connectivity index (χ1) is 7.84. The third kappa shape index (κ3) is 4.16. The van der Waals surface area contributed by atoms with Crippen LogP contribution < -0.4 is 0 Å². The molecular formula is C12H19F3N2. The van der Waals surface area contributed by atoms with Gasteiger partial charge in [0.05, 0.1) is 5.57 Å².